The van der Waals surface area contributed by atoms with Crippen LogP contribution in [0.2, 0.25) is 5.02 Å². The first-order valence-electron chi connectivity index (χ1n) is 15.1. The molecule has 0 bridgehead atoms. The third-order valence-corrected chi connectivity index (χ3v) is 10.5. The maximum atomic E-state index is 14.6. The van der Waals surface area contributed by atoms with Crippen molar-refractivity contribution in [1.29, 1.82) is 0 Å². The molecule has 0 unspecified atom stereocenters. The van der Waals surface area contributed by atoms with Crippen molar-refractivity contribution in [1.82, 2.24) is 10.2 Å². The molecule has 1 N–H and O–H groups in total. The Morgan fingerprint density at radius 3 is 2.20 bits per heavy atom. The van der Waals surface area contributed by atoms with Gasteiger partial charge in [-0.15, -0.1) is 0 Å². The molecule has 0 saturated heterocycles. The van der Waals surface area contributed by atoms with Gasteiger partial charge in [0, 0.05) is 28.5 Å². The zero-order valence-electron chi connectivity index (χ0n) is 26.4. The minimum absolute atomic E-state index is 0.0384. The molecule has 46 heavy (non-hydrogen) atoms. The summed E-state index contributed by atoms with van der Waals surface area (Å²) in [5.41, 5.74) is 3.56. The highest BCUT2D eigenvalue weighted by Gasteiger charge is 2.35. The number of rotatable bonds is 13. The summed E-state index contributed by atoms with van der Waals surface area (Å²) in [5, 5.41) is 3.42. The maximum absolute atomic E-state index is 14.6. The minimum Gasteiger partial charge on any atom is -0.352 e. The van der Waals surface area contributed by atoms with E-state index in [2.05, 4.69) is 21.2 Å². The topological polar surface area (TPSA) is 86.8 Å². The second kappa shape index (κ2) is 15.8. The second-order valence-electron chi connectivity index (χ2n) is 11.4. The van der Waals surface area contributed by atoms with Crippen LogP contribution in [-0.2, 0) is 32.6 Å². The summed E-state index contributed by atoms with van der Waals surface area (Å²) in [4.78, 5) is 30.1. The molecule has 0 spiro atoms. The quantitative estimate of drug-likeness (QED) is 0.155. The van der Waals surface area contributed by atoms with Crippen molar-refractivity contribution in [2.45, 2.75) is 64.1 Å². The Balaban J connectivity index is 1.83. The van der Waals surface area contributed by atoms with Crippen LogP contribution in [0.15, 0.2) is 106 Å². The van der Waals surface area contributed by atoms with Gasteiger partial charge < -0.3 is 10.2 Å². The van der Waals surface area contributed by atoms with E-state index in [1.165, 1.54) is 17.0 Å². The molecule has 0 radical (unpaired) electrons. The van der Waals surface area contributed by atoms with Gasteiger partial charge in [0.2, 0.25) is 11.8 Å². The number of benzene rings is 4. The normalized spacial score (nSPS) is 12.7. The van der Waals surface area contributed by atoms with Crippen LogP contribution in [0.1, 0.15) is 42.5 Å². The fraction of sp³-hybridized carbons (Fsp3) is 0.278. The van der Waals surface area contributed by atoms with Crippen molar-refractivity contribution >= 4 is 55.1 Å². The summed E-state index contributed by atoms with van der Waals surface area (Å²) in [6.45, 7) is 7.10. The van der Waals surface area contributed by atoms with Gasteiger partial charge in [-0.2, -0.15) is 0 Å². The van der Waals surface area contributed by atoms with Crippen molar-refractivity contribution in [3.63, 3.8) is 0 Å². The van der Waals surface area contributed by atoms with E-state index in [0.29, 0.717) is 11.4 Å². The van der Waals surface area contributed by atoms with E-state index < -0.39 is 28.5 Å². The molecule has 0 saturated carbocycles. The molecule has 0 heterocycles. The van der Waals surface area contributed by atoms with E-state index in [4.69, 9.17) is 11.6 Å². The maximum Gasteiger partial charge on any atom is 0.264 e. The molecule has 0 aromatic heterocycles. The van der Waals surface area contributed by atoms with Crippen LogP contribution in [0.5, 0.6) is 0 Å². The molecule has 242 valence electrons. The molecule has 0 aliphatic rings. The first-order chi connectivity index (χ1) is 21.9. The van der Waals surface area contributed by atoms with Crippen molar-refractivity contribution in [3.05, 3.63) is 129 Å². The van der Waals surface area contributed by atoms with Gasteiger partial charge in [0.05, 0.1) is 10.6 Å². The van der Waals surface area contributed by atoms with Gasteiger partial charge in [-0.05, 0) is 80.3 Å². The lowest BCUT2D eigenvalue weighted by Crippen LogP contribution is -2.54. The average molecular weight is 725 g/mol. The molecule has 4 aromatic carbocycles. The third kappa shape index (κ3) is 8.99. The molecule has 10 heteroatoms. The van der Waals surface area contributed by atoms with Gasteiger partial charge in [-0.1, -0.05) is 101 Å². The molecule has 4 aromatic rings. The highest BCUT2D eigenvalue weighted by Crippen LogP contribution is 2.29. The van der Waals surface area contributed by atoms with Crippen LogP contribution in [0, 0.1) is 13.8 Å². The first kappa shape index (κ1) is 35.2. The summed E-state index contributed by atoms with van der Waals surface area (Å²) in [5.74, 6) is -0.847. The van der Waals surface area contributed by atoms with Crippen molar-refractivity contribution in [2.75, 3.05) is 10.8 Å². The lowest BCUT2D eigenvalue weighted by atomic mass is 10.0. The minimum atomic E-state index is -4.22. The van der Waals surface area contributed by atoms with Crippen LogP contribution >= 0.6 is 27.5 Å². The number of halogens is 2. The van der Waals surface area contributed by atoms with E-state index in [9.17, 15) is 18.0 Å². The second-order valence-corrected chi connectivity index (χ2v) is 14.6. The smallest absolute Gasteiger partial charge is 0.264 e. The van der Waals surface area contributed by atoms with Gasteiger partial charge in [0.15, 0.2) is 0 Å². The highest BCUT2D eigenvalue weighted by molar-refractivity contribution is 9.10. The Labute approximate surface area is 285 Å². The number of anilines is 1. The molecule has 0 fully saturated rings. The lowest BCUT2D eigenvalue weighted by molar-refractivity contribution is -0.140. The molecule has 0 aliphatic carbocycles. The van der Waals surface area contributed by atoms with E-state index in [-0.39, 0.29) is 35.5 Å². The number of aryl methyl sites for hydroxylation is 2. The number of amides is 2. The van der Waals surface area contributed by atoms with Crippen molar-refractivity contribution in [3.8, 4) is 0 Å². The SMILES string of the molecule is CC[C@H](C)NC(=O)[C@H](Cc1ccccc1)N(Cc1cccc(Br)c1)C(=O)CN(c1ccc(C)c(Cl)c1)S(=O)(=O)c1ccc(C)cc1. The van der Waals surface area contributed by atoms with Gasteiger partial charge in [-0.3, -0.25) is 13.9 Å². The molecule has 4 rings (SSSR count). The fourth-order valence-corrected chi connectivity index (χ4v) is 6.96. The summed E-state index contributed by atoms with van der Waals surface area (Å²) < 4.78 is 30.3. The summed E-state index contributed by atoms with van der Waals surface area (Å²) in [6, 6.07) is 27.3. The standard InChI is InChI=1S/C36H39BrClN3O4S/c1-5-27(4)39-36(43)34(21-28-10-7-6-8-11-28)40(23-29-12-9-13-30(37)20-29)35(42)24-41(31-17-16-26(3)33(38)22-31)46(44,45)32-18-14-25(2)15-19-32/h6-20,22,27,34H,5,21,23-24H2,1-4H3,(H,39,43)/t27-,34-/m0/s1. The van der Waals surface area contributed by atoms with Gasteiger partial charge in [0.25, 0.3) is 10.0 Å². The number of sulfonamides is 1. The summed E-state index contributed by atoms with van der Waals surface area (Å²) in [7, 11) is -4.22. The lowest BCUT2D eigenvalue weighted by Gasteiger charge is -2.34. The molecule has 2 amide bonds. The number of nitrogens with one attached hydrogen (secondary N) is 1. The Morgan fingerprint density at radius 1 is 0.891 bits per heavy atom. The molecular weight excluding hydrogens is 686 g/mol. The predicted molar refractivity (Wildman–Crippen MR) is 188 cm³/mol. The van der Waals surface area contributed by atoms with Gasteiger partial charge >= 0.3 is 0 Å². The third-order valence-electron chi connectivity index (χ3n) is 7.85. The fourth-order valence-electron chi connectivity index (χ4n) is 4.93. The van der Waals surface area contributed by atoms with Crippen molar-refractivity contribution < 1.29 is 18.0 Å². The number of hydrogen-bond acceptors (Lipinski definition) is 4. The highest BCUT2D eigenvalue weighted by atomic mass is 79.9. The van der Waals surface area contributed by atoms with Crippen LogP contribution in [0.4, 0.5) is 5.69 Å². The predicted octanol–water partition coefficient (Wildman–Crippen LogP) is 7.47. The molecule has 7 nitrogen and oxygen atoms in total. The van der Waals surface area contributed by atoms with Gasteiger partial charge in [-0.25, -0.2) is 8.42 Å². The van der Waals surface area contributed by atoms with Crippen molar-refractivity contribution in [2.24, 2.45) is 0 Å². The number of nitrogens with zero attached hydrogens (tertiary/aromatic N) is 2. The van der Waals surface area contributed by atoms with Crippen LogP contribution in [0.3, 0.4) is 0 Å². The van der Waals surface area contributed by atoms with Crippen LogP contribution < -0.4 is 9.62 Å². The first-order valence-corrected chi connectivity index (χ1v) is 17.7. The summed E-state index contributed by atoms with van der Waals surface area (Å²) in [6.07, 6.45) is 0.948. The average Bonchev–Trinajstić information content (AvgIpc) is 3.03. The van der Waals surface area contributed by atoms with E-state index in [1.54, 1.807) is 30.3 Å². The number of carbonyl (C=O) groups excluding carboxylic acids is 2. The molecule has 0 aliphatic heterocycles. The monoisotopic (exact) mass is 723 g/mol. The largest absolute Gasteiger partial charge is 0.352 e. The van der Waals surface area contributed by atoms with Crippen LogP contribution in [-0.4, -0.2) is 43.8 Å². The Hall–Kier alpha value is -3.66. The van der Waals surface area contributed by atoms with E-state index in [1.807, 2.05) is 82.3 Å². The van der Waals surface area contributed by atoms with E-state index in [0.717, 1.165) is 31.0 Å². The Kier molecular flexibility index (Phi) is 12.1. The Bertz CT molecular complexity index is 1770. The molecule has 2 atom stereocenters. The molecular formula is C36H39BrClN3O4S. The van der Waals surface area contributed by atoms with Crippen LogP contribution in [0.25, 0.3) is 0 Å². The van der Waals surface area contributed by atoms with E-state index >= 15 is 0 Å². The zero-order chi connectivity index (χ0) is 33.4. The zero-order valence-corrected chi connectivity index (χ0v) is 29.6. The number of hydrogen-bond donors (Lipinski definition) is 1. The Morgan fingerprint density at radius 2 is 1.57 bits per heavy atom. The van der Waals surface area contributed by atoms with Gasteiger partial charge in [0.1, 0.15) is 12.6 Å². The number of carbonyl (C=O) groups is 2. The summed E-state index contributed by atoms with van der Waals surface area (Å²) >= 11 is 9.97.